The number of halogens is 4. The van der Waals surface area contributed by atoms with Gasteiger partial charge in [-0.05, 0) is 60.5 Å². The number of pyridine rings is 1. The Kier molecular flexibility index (Phi) is 6.10. The number of aromatic amines is 1. The highest BCUT2D eigenvalue weighted by molar-refractivity contribution is 6.05. The molecule has 1 amide bonds. The van der Waals surface area contributed by atoms with Gasteiger partial charge in [0.2, 0.25) is 0 Å². The molecule has 0 saturated carbocycles. The lowest BCUT2D eigenvalue weighted by molar-refractivity contribution is -0.137. The number of nitrogens with one attached hydrogen (secondary N) is 2. The molecule has 174 valence electrons. The van der Waals surface area contributed by atoms with Crippen molar-refractivity contribution in [3.8, 4) is 5.75 Å². The molecule has 4 aromatic rings. The highest BCUT2D eigenvalue weighted by Gasteiger charge is 2.31. The van der Waals surface area contributed by atoms with Gasteiger partial charge in [0.15, 0.2) is 0 Å². The van der Waals surface area contributed by atoms with Gasteiger partial charge in [0, 0.05) is 23.5 Å². The number of alkyl halides is 3. The van der Waals surface area contributed by atoms with E-state index < -0.39 is 29.2 Å². The zero-order valence-corrected chi connectivity index (χ0v) is 18.1. The van der Waals surface area contributed by atoms with Crippen molar-refractivity contribution in [1.29, 1.82) is 0 Å². The predicted octanol–water partition coefficient (Wildman–Crippen LogP) is 6.46. The fraction of sp³-hybridized carbons (Fsp3) is 0.120. The third-order valence-corrected chi connectivity index (χ3v) is 5.29. The largest absolute Gasteiger partial charge is 0.495 e. The molecule has 0 unspecified atom stereocenters. The summed E-state index contributed by atoms with van der Waals surface area (Å²) in [6.45, 7) is 1.85. The number of amides is 1. The SMILES string of the molecule is COc1c(C=Cc2cc(C(=O)Nc3cc(C(F)(F)F)ccc3F)ccc2C)cnc2[nH]ccc12. The lowest BCUT2D eigenvalue weighted by Crippen LogP contribution is -2.14. The first-order valence-corrected chi connectivity index (χ1v) is 10.1. The van der Waals surface area contributed by atoms with E-state index in [1.165, 1.54) is 6.07 Å². The minimum Gasteiger partial charge on any atom is -0.495 e. The Hall–Kier alpha value is -4.14. The van der Waals surface area contributed by atoms with Gasteiger partial charge >= 0.3 is 6.18 Å². The van der Waals surface area contributed by atoms with E-state index in [0.29, 0.717) is 35.2 Å². The van der Waals surface area contributed by atoms with Gasteiger partial charge < -0.3 is 15.0 Å². The Morgan fingerprint density at radius 2 is 1.85 bits per heavy atom. The molecule has 0 atom stereocenters. The Morgan fingerprint density at radius 1 is 1.09 bits per heavy atom. The van der Waals surface area contributed by atoms with Gasteiger partial charge in [0.25, 0.3) is 5.91 Å². The number of aryl methyl sites for hydroxylation is 1. The monoisotopic (exact) mass is 469 g/mol. The summed E-state index contributed by atoms with van der Waals surface area (Å²) in [6.07, 6.45) is 2.31. The minimum atomic E-state index is -4.66. The first kappa shape index (κ1) is 23.0. The number of rotatable bonds is 5. The topological polar surface area (TPSA) is 67.0 Å². The molecule has 0 fully saturated rings. The van der Waals surface area contributed by atoms with E-state index >= 15 is 0 Å². The number of nitrogens with zero attached hydrogens (tertiary/aromatic N) is 1. The van der Waals surface area contributed by atoms with E-state index in [1.54, 1.807) is 43.8 Å². The van der Waals surface area contributed by atoms with Gasteiger partial charge in [0.05, 0.1) is 23.7 Å². The van der Waals surface area contributed by atoms with Crippen LogP contribution >= 0.6 is 0 Å². The molecule has 0 radical (unpaired) electrons. The molecule has 4 rings (SSSR count). The maximum Gasteiger partial charge on any atom is 0.416 e. The molecular weight excluding hydrogens is 450 g/mol. The van der Waals surface area contributed by atoms with Crippen LogP contribution in [0.15, 0.2) is 54.9 Å². The zero-order chi connectivity index (χ0) is 24.5. The van der Waals surface area contributed by atoms with Crippen LogP contribution in [0.5, 0.6) is 5.75 Å². The quantitative estimate of drug-likeness (QED) is 0.330. The molecule has 0 spiro atoms. The number of hydrogen-bond acceptors (Lipinski definition) is 3. The van der Waals surface area contributed by atoms with Gasteiger partial charge in [-0.2, -0.15) is 13.2 Å². The van der Waals surface area contributed by atoms with Crippen molar-refractivity contribution in [3.05, 3.63) is 88.5 Å². The molecule has 2 N–H and O–H groups in total. The first-order chi connectivity index (χ1) is 16.2. The summed E-state index contributed by atoms with van der Waals surface area (Å²) in [5, 5.41) is 3.04. The fourth-order valence-electron chi connectivity index (χ4n) is 3.48. The average molecular weight is 469 g/mol. The number of carbonyl (C=O) groups excluding carboxylic acids is 1. The maximum atomic E-state index is 14.0. The Labute approximate surface area is 192 Å². The van der Waals surface area contributed by atoms with Crippen molar-refractivity contribution < 1.29 is 27.1 Å². The number of fused-ring (bicyclic) bond motifs is 1. The van der Waals surface area contributed by atoms with Gasteiger partial charge in [-0.3, -0.25) is 4.79 Å². The smallest absolute Gasteiger partial charge is 0.416 e. The van der Waals surface area contributed by atoms with Crippen molar-refractivity contribution in [2.24, 2.45) is 0 Å². The second kappa shape index (κ2) is 9.01. The number of anilines is 1. The standard InChI is InChI=1S/C25H19F4N3O2/c1-14-3-4-16(24(33)32-21-12-18(25(27,28)29)7-8-20(21)26)11-15(14)5-6-17-13-31-23-19(9-10-30-23)22(17)34-2/h3-13H,1-2H3,(H,30,31)(H,32,33). The van der Waals surface area contributed by atoms with Crippen LogP contribution in [0.2, 0.25) is 0 Å². The normalized spacial score (nSPS) is 11.8. The third-order valence-electron chi connectivity index (χ3n) is 5.29. The highest BCUT2D eigenvalue weighted by atomic mass is 19.4. The van der Waals surface area contributed by atoms with Gasteiger partial charge in [-0.25, -0.2) is 9.37 Å². The molecule has 0 aliphatic carbocycles. The summed E-state index contributed by atoms with van der Waals surface area (Å²) >= 11 is 0. The van der Waals surface area contributed by atoms with Crippen molar-refractivity contribution in [3.63, 3.8) is 0 Å². The van der Waals surface area contributed by atoms with Crippen LogP contribution in [-0.4, -0.2) is 23.0 Å². The second-order valence-corrected chi connectivity index (χ2v) is 7.54. The summed E-state index contributed by atoms with van der Waals surface area (Å²) in [7, 11) is 1.56. The zero-order valence-electron chi connectivity index (χ0n) is 18.1. The van der Waals surface area contributed by atoms with Gasteiger partial charge in [-0.15, -0.1) is 0 Å². The number of H-pyrrole nitrogens is 1. The summed E-state index contributed by atoms with van der Waals surface area (Å²) < 4.78 is 58.4. The minimum absolute atomic E-state index is 0.160. The molecule has 2 aromatic carbocycles. The van der Waals surface area contributed by atoms with Gasteiger partial charge in [0.1, 0.15) is 17.2 Å². The van der Waals surface area contributed by atoms with Crippen LogP contribution in [0.1, 0.15) is 32.6 Å². The Balaban J connectivity index is 1.61. The molecular formula is C25H19F4N3O2. The molecule has 34 heavy (non-hydrogen) atoms. The van der Waals surface area contributed by atoms with E-state index in [2.05, 4.69) is 15.3 Å². The average Bonchev–Trinajstić information content (AvgIpc) is 3.27. The van der Waals surface area contributed by atoms with Crippen molar-refractivity contribution in [1.82, 2.24) is 9.97 Å². The van der Waals surface area contributed by atoms with E-state index in [9.17, 15) is 22.4 Å². The van der Waals surface area contributed by atoms with E-state index in [0.717, 1.165) is 16.5 Å². The highest BCUT2D eigenvalue weighted by Crippen LogP contribution is 2.32. The second-order valence-electron chi connectivity index (χ2n) is 7.54. The van der Waals surface area contributed by atoms with Crippen molar-refractivity contribution in [2.75, 3.05) is 12.4 Å². The van der Waals surface area contributed by atoms with Crippen molar-refractivity contribution >= 4 is 34.8 Å². The summed E-state index contributed by atoms with van der Waals surface area (Å²) in [5.41, 5.74) is 1.50. The van der Waals surface area contributed by atoms with E-state index in [1.807, 2.05) is 13.0 Å². The number of benzene rings is 2. The van der Waals surface area contributed by atoms with Crippen LogP contribution in [0, 0.1) is 12.7 Å². The molecule has 2 aromatic heterocycles. The number of methoxy groups -OCH3 is 1. The van der Waals surface area contributed by atoms with Crippen LogP contribution in [0.25, 0.3) is 23.2 Å². The third kappa shape index (κ3) is 4.63. The fourth-order valence-corrected chi connectivity index (χ4v) is 3.48. The molecule has 0 aliphatic heterocycles. The summed E-state index contributed by atoms with van der Waals surface area (Å²) in [6, 6.07) is 8.49. The number of ether oxygens (including phenoxy) is 1. The van der Waals surface area contributed by atoms with E-state index in [4.69, 9.17) is 4.74 Å². The maximum absolute atomic E-state index is 14.0. The number of hydrogen-bond donors (Lipinski definition) is 2. The number of aromatic nitrogens is 2. The van der Waals surface area contributed by atoms with Crippen LogP contribution in [-0.2, 0) is 6.18 Å². The molecule has 0 aliphatic rings. The Morgan fingerprint density at radius 3 is 2.59 bits per heavy atom. The summed E-state index contributed by atoms with van der Waals surface area (Å²) in [5.74, 6) is -1.07. The predicted molar refractivity (Wildman–Crippen MR) is 122 cm³/mol. The lowest BCUT2D eigenvalue weighted by Gasteiger charge is -2.12. The molecule has 2 heterocycles. The molecule has 0 bridgehead atoms. The van der Waals surface area contributed by atoms with Gasteiger partial charge in [-0.1, -0.05) is 12.1 Å². The molecule has 9 heteroatoms. The van der Waals surface area contributed by atoms with Crippen LogP contribution < -0.4 is 10.1 Å². The lowest BCUT2D eigenvalue weighted by atomic mass is 10.0. The number of carbonyl (C=O) groups is 1. The van der Waals surface area contributed by atoms with E-state index in [-0.39, 0.29) is 5.56 Å². The van der Waals surface area contributed by atoms with Crippen LogP contribution in [0.4, 0.5) is 23.2 Å². The summed E-state index contributed by atoms with van der Waals surface area (Å²) in [4.78, 5) is 20.0. The Bertz CT molecular complexity index is 1410. The van der Waals surface area contributed by atoms with Crippen molar-refractivity contribution in [2.45, 2.75) is 13.1 Å². The first-order valence-electron chi connectivity index (χ1n) is 10.1. The molecule has 0 saturated heterocycles. The molecule has 5 nitrogen and oxygen atoms in total. The van der Waals surface area contributed by atoms with Crippen LogP contribution in [0.3, 0.4) is 0 Å².